The molecule has 0 spiro atoms. The van der Waals surface area contributed by atoms with Crippen LogP contribution in [0.1, 0.15) is 16.7 Å². The molecule has 1 N–H and O–H groups in total. The Kier molecular flexibility index (Phi) is 5.82. The standard InChI is InChI=1S/C14H21NO3/c1-11-5-4-6-13(12(11)2)9-15(7-8-18-3)10-14(16)17/h4-6H,7-10H2,1-3H3,(H,16,17). The Morgan fingerprint density at radius 3 is 2.72 bits per heavy atom. The number of nitrogens with zero attached hydrogens (tertiary/aromatic N) is 1. The van der Waals surface area contributed by atoms with E-state index < -0.39 is 5.97 Å². The molecule has 0 unspecified atom stereocenters. The molecule has 0 radical (unpaired) electrons. The lowest BCUT2D eigenvalue weighted by molar-refractivity contribution is -0.138. The molecule has 1 rings (SSSR count). The second-order valence-electron chi connectivity index (χ2n) is 4.46. The van der Waals surface area contributed by atoms with Crippen molar-refractivity contribution < 1.29 is 14.6 Å². The number of aliphatic carboxylic acids is 1. The second-order valence-corrected chi connectivity index (χ2v) is 4.46. The zero-order valence-electron chi connectivity index (χ0n) is 11.3. The van der Waals surface area contributed by atoms with Gasteiger partial charge in [-0.25, -0.2) is 0 Å². The zero-order valence-corrected chi connectivity index (χ0v) is 11.3. The highest BCUT2D eigenvalue weighted by Gasteiger charge is 2.11. The number of benzene rings is 1. The number of carbonyl (C=O) groups is 1. The predicted molar refractivity (Wildman–Crippen MR) is 70.7 cm³/mol. The number of rotatable bonds is 7. The summed E-state index contributed by atoms with van der Waals surface area (Å²) in [6, 6.07) is 6.12. The summed E-state index contributed by atoms with van der Waals surface area (Å²) in [6.07, 6.45) is 0. The molecule has 1 aromatic carbocycles. The van der Waals surface area contributed by atoms with Gasteiger partial charge in [-0.2, -0.15) is 0 Å². The summed E-state index contributed by atoms with van der Waals surface area (Å²) in [4.78, 5) is 12.7. The van der Waals surface area contributed by atoms with Crippen molar-refractivity contribution in [2.45, 2.75) is 20.4 Å². The van der Waals surface area contributed by atoms with Crippen molar-refractivity contribution in [3.05, 3.63) is 34.9 Å². The Labute approximate surface area is 108 Å². The van der Waals surface area contributed by atoms with Crippen LogP contribution in [0.25, 0.3) is 0 Å². The Balaban J connectivity index is 2.75. The average Bonchev–Trinajstić information content (AvgIpc) is 2.31. The maximum Gasteiger partial charge on any atom is 0.317 e. The van der Waals surface area contributed by atoms with E-state index in [1.54, 1.807) is 7.11 Å². The largest absolute Gasteiger partial charge is 0.480 e. The second kappa shape index (κ2) is 7.13. The SMILES string of the molecule is COCCN(CC(=O)O)Cc1cccc(C)c1C. The smallest absolute Gasteiger partial charge is 0.317 e. The van der Waals surface area contributed by atoms with Gasteiger partial charge in [0.15, 0.2) is 0 Å². The van der Waals surface area contributed by atoms with E-state index in [0.717, 1.165) is 0 Å². The monoisotopic (exact) mass is 251 g/mol. The van der Waals surface area contributed by atoms with E-state index in [2.05, 4.69) is 19.9 Å². The van der Waals surface area contributed by atoms with Crippen LogP contribution in [-0.2, 0) is 16.1 Å². The van der Waals surface area contributed by atoms with Crippen molar-refractivity contribution in [2.24, 2.45) is 0 Å². The third kappa shape index (κ3) is 4.47. The fourth-order valence-corrected chi connectivity index (χ4v) is 1.85. The molecule has 0 fully saturated rings. The molecule has 4 heteroatoms. The van der Waals surface area contributed by atoms with Crippen LogP contribution in [0.2, 0.25) is 0 Å². The van der Waals surface area contributed by atoms with Crippen molar-refractivity contribution in [3.8, 4) is 0 Å². The topological polar surface area (TPSA) is 49.8 Å². The van der Waals surface area contributed by atoms with Gasteiger partial charge < -0.3 is 9.84 Å². The van der Waals surface area contributed by atoms with Gasteiger partial charge in [0.2, 0.25) is 0 Å². The third-order valence-electron chi connectivity index (χ3n) is 3.08. The van der Waals surface area contributed by atoms with Crippen LogP contribution in [0, 0.1) is 13.8 Å². The van der Waals surface area contributed by atoms with Gasteiger partial charge in [0, 0.05) is 20.2 Å². The van der Waals surface area contributed by atoms with Crippen molar-refractivity contribution in [1.29, 1.82) is 0 Å². The quantitative estimate of drug-likeness (QED) is 0.803. The first-order chi connectivity index (χ1) is 8.54. The van der Waals surface area contributed by atoms with Gasteiger partial charge in [0.25, 0.3) is 0 Å². The van der Waals surface area contributed by atoms with Crippen molar-refractivity contribution >= 4 is 5.97 Å². The number of carboxylic acids is 1. The van der Waals surface area contributed by atoms with Gasteiger partial charge in [0.05, 0.1) is 13.2 Å². The first kappa shape index (κ1) is 14.7. The Bertz CT molecular complexity index is 404. The zero-order chi connectivity index (χ0) is 13.5. The highest BCUT2D eigenvalue weighted by Crippen LogP contribution is 2.14. The minimum atomic E-state index is -0.809. The maximum atomic E-state index is 10.8. The van der Waals surface area contributed by atoms with Crippen LogP contribution in [0.3, 0.4) is 0 Å². The molecule has 0 aliphatic rings. The van der Waals surface area contributed by atoms with E-state index in [0.29, 0.717) is 19.7 Å². The summed E-state index contributed by atoms with van der Waals surface area (Å²) in [5.74, 6) is -0.809. The minimum absolute atomic E-state index is 0.0384. The van der Waals surface area contributed by atoms with Gasteiger partial charge in [0.1, 0.15) is 0 Å². The van der Waals surface area contributed by atoms with Crippen LogP contribution in [0.15, 0.2) is 18.2 Å². The molecule has 0 bridgehead atoms. The van der Waals surface area contributed by atoms with Crippen molar-refractivity contribution in [1.82, 2.24) is 4.90 Å². The first-order valence-corrected chi connectivity index (χ1v) is 6.02. The van der Waals surface area contributed by atoms with Gasteiger partial charge in [-0.1, -0.05) is 18.2 Å². The molecular formula is C14H21NO3. The van der Waals surface area contributed by atoms with E-state index in [1.165, 1.54) is 16.7 Å². The average molecular weight is 251 g/mol. The molecule has 0 heterocycles. The molecule has 18 heavy (non-hydrogen) atoms. The Morgan fingerprint density at radius 1 is 1.39 bits per heavy atom. The van der Waals surface area contributed by atoms with Crippen molar-refractivity contribution in [2.75, 3.05) is 26.8 Å². The van der Waals surface area contributed by atoms with Crippen LogP contribution in [0.4, 0.5) is 0 Å². The fourth-order valence-electron chi connectivity index (χ4n) is 1.85. The van der Waals surface area contributed by atoms with E-state index in [4.69, 9.17) is 9.84 Å². The number of hydrogen-bond donors (Lipinski definition) is 1. The highest BCUT2D eigenvalue weighted by atomic mass is 16.5. The number of aryl methyl sites for hydroxylation is 1. The molecule has 1 aromatic rings. The lowest BCUT2D eigenvalue weighted by Crippen LogP contribution is -2.32. The van der Waals surface area contributed by atoms with Crippen LogP contribution >= 0.6 is 0 Å². The van der Waals surface area contributed by atoms with Gasteiger partial charge in [-0.05, 0) is 30.5 Å². The van der Waals surface area contributed by atoms with E-state index in [-0.39, 0.29) is 6.54 Å². The highest BCUT2D eigenvalue weighted by molar-refractivity contribution is 5.69. The van der Waals surface area contributed by atoms with E-state index >= 15 is 0 Å². The minimum Gasteiger partial charge on any atom is -0.480 e. The molecule has 0 amide bonds. The fraction of sp³-hybridized carbons (Fsp3) is 0.500. The molecule has 0 saturated heterocycles. The number of methoxy groups -OCH3 is 1. The van der Waals surface area contributed by atoms with Crippen LogP contribution < -0.4 is 0 Å². The summed E-state index contributed by atoms with van der Waals surface area (Å²) >= 11 is 0. The molecule has 4 nitrogen and oxygen atoms in total. The lowest BCUT2D eigenvalue weighted by Gasteiger charge is -2.21. The van der Waals surface area contributed by atoms with Gasteiger partial charge in [-0.3, -0.25) is 9.69 Å². The van der Waals surface area contributed by atoms with E-state index in [9.17, 15) is 4.79 Å². The summed E-state index contributed by atoms with van der Waals surface area (Å²) in [5, 5.41) is 8.90. The summed E-state index contributed by atoms with van der Waals surface area (Å²) in [6.45, 7) is 5.98. The predicted octanol–water partition coefficient (Wildman–Crippen LogP) is 1.84. The van der Waals surface area contributed by atoms with Gasteiger partial charge in [-0.15, -0.1) is 0 Å². The van der Waals surface area contributed by atoms with Crippen LogP contribution in [0.5, 0.6) is 0 Å². The molecule has 0 aliphatic carbocycles. The normalized spacial score (nSPS) is 10.9. The third-order valence-corrected chi connectivity index (χ3v) is 3.08. The molecule has 0 aliphatic heterocycles. The van der Waals surface area contributed by atoms with Gasteiger partial charge >= 0.3 is 5.97 Å². The number of ether oxygens (including phenoxy) is 1. The number of hydrogen-bond acceptors (Lipinski definition) is 3. The number of carboxylic acid groups (broad SMARTS) is 1. The lowest BCUT2D eigenvalue weighted by atomic mass is 10.0. The maximum absolute atomic E-state index is 10.8. The molecule has 0 aromatic heterocycles. The summed E-state index contributed by atoms with van der Waals surface area (Å²) in [5.41, 5.74) is 3.63. The molecule has 0 atom stereocenters. The molecule has 100 valence electrons. The summed E-state index contributed by atoms with van der Waals surface area (Å²) < 4.78 is 5.01. The molecule has 0 saturated carbocycles. The Morgan fingerprint density at radius 2 is 2.11 bits per heavy atom. The van der Waals surface area contributed by atoms with Crippen LogP contribution in [-0.4, -0.2) is 42.8 Å². The Hall–Kier alpha value is -1.39. The van der Waals surface area contributed by atoms with Crippen molar-refractivity contribution in [3.63, 3.8) is 0 Å². The molecular weight excluding hydrogens is 230 g/mol. The first-order valence-electron chi connectivity index (χ1n) is 6.02. The van der Waals surface area contributed by atoms with E-state index in [1.807, 2.05) is 17.0 Å². The summed E-state index contributed by atoms with van der Waals surface area (Å²) in [7, 11) is 1.62.